The number of hydrogen-bond acceptors (Lipinski definition) is 4. The summed E-state index contributed by atoms with van der Waals surface area (Å²) in [7, 11) is 2.11. The van der Waals surface area contributed by atoms with Crippen molar-refractivity contribution in [2.75, 3.05) is 13.6 Å². The number of nitrogens with one attached hydrogen (secondary N) is 1. The van der Waals surface area contributed by atoms with E-state index >= 15 is 0 Å². The fourth-order valence-corrected chi connectivity index (χ4v) is 2.03. The van der Waals surface area contributed by atoms with Gasteiger partial charge in [-0.25, -0.2) is 4.98 Å². The van der Waals surface area contributed by atoms with E-state index in [-0.39, 0.29) is 0 Å². The van der Waals surface area contributed by atoms with Gasteiger partial charge in [0.25, 0.3) is 0 Å². The molecule has 0 unspecified atom stereocenters. The lowest BCUT2D eigenvalue weighted by Crippen LogP contribution is -2.20. The minimum Gasteiger partial charge on any atom is -0.302 e. The molecule has 15 heavy (non-hydrogen) atoms. The summed E-state index contributed by atoms with van der Waals surface area (Å²) in [6.45, 7) is 1.96. The largest absolute Gasteiger partial charge is 0.302 e. The molecular formula is C10H14N4S. The lowest BCUT2D eigenvalue weighted by Gasteiger charge is -2.14. The molecule has 0 aliphatic heterocycles. The fraction of sp³-hybridized carbons (Fsp3) is 0.400. The molecule has 0 bridgehead atoms. The van der Waals surface area contributed by atoms with E-state index < -0.39 is 0 Å². The van der Waals surface area contributed by atoms with Crippen LogP contribution >= 0.6 is 11.3 Å². The lowest BCUT2D eigenvalue weighted by molar-refractivity contribution is 0.331. The highest BCUT2D eigenvalue weighted by molar-refractivity contribution is 7.09. The van der Waals surface area contributed by atoms with Crippen molar-refractivity contribution < 1.29 is 0 Å². The van der Waals surface area contributed by atoms with Crippen molar-refractivity contribution in [3.8, 4) is 0 Å². The zero-order chi connectivity index (χ0) is 10.5. The van der Waals surface area contributed by atoms with Crippen molar-refractivity contribution in [3.05, 3.63) is 34.5 Å². The monoisotopic (exact) mass is 222 g/mol. The number of rotatable bonds is 5. The molecule has 0 aromatic carbocycles. The van der Waals surface area contributed by atoms with Crippen LogP contribution in [0.4, 0.5) is 0 Å². The third-order valence-corrected chi connectivity index (χ3v) is 3.04. The van der Waals surface area contributed by atoms with E-state index in [1.165, 1.54) is 10.6 Å². The molecule has 0 aliphatic carbocycles. The Balaban J connectivity index is 1.76. The summed E-state index contributed by atoms with van der Waals surface area (Å²) in [5, 5.41) is 9.96. The number of H-pyrrole nitrogens is 1. The maximum Gasteiger partial charge on any atom is 0.0937 e. The van der Waals surface area contributed by atoms with Gasteiger partial charge in [-0.2, -0.15) is 5.10 Å². The predicted molar refractivity (Wildman–Crippen MR) is 60.7 cm³/mol. The molecule has 0 radical (unpaired) electrons. The molecule has 0 spiro atoms. The third-order valence-electron chi connectivity index (χ3n) is 2.20. The molecule has 0 saturated heterocycles. The molecule has 2 aromatic heterocycles. The van der Waals surface area contributed by atoms with Crippen molar-refractivity contribution in [3.63, 3.8) is 0 Å². The fourth-order valence-electron chi connectivity index (χ4n) is 1.42. The highest BCUT2D eigenvalue weighted by Gasteiger charge is 2.02. The van der Waals surface area contributed by atoms with Gasteiger partial charge in [0.1, 0.15) is 0 Å². The molecule has 0 amide bonds. The molecule has 2 rings (SSSR count). The molecule has 2 heterocycles. The van der Waals surface area contributed by atoms with Gasteiger partial charge in [-0.3, -0.25) is 5.10 Å². The Kier molecular flexibility index (Phi) is 3.47. The lowest BCUT2D eigenvalue weighted by atomic mass is 10.3. The van der Waals surface area contributed by atoms with Gasteiger partial charge in [0.2, 0.25) is 0 Å². The summed E-state index contributed by atoms with van der Waals surface area (Å²) < 4.78 is 0. The van der Waals surface area contributed by atoms with Gasteiger partial charge in [0.15, 0.2) is 0 Å². The number of hydrogen-bond donors (Lipinski definition) is 1. The van der Waals surface area contributed by atoms with Crippen LogP contribution in [0.1, 0.15) is 10.6 Å². The molecule has 4 nitrogen and oxygen atoms in total. The van der Waals surface area contributed by atoms with E-state index in [2.05, 4.69) is 27.1 Å². The smallest absolute Gasteiger partial charge is 0.0937 e. The Bertz CT molecular complexity index is 368. The van der Waals surface area contributed by atoms with Gasteiger partial charge >= 0.3 is 0 Å². The van der Waals surface area contributed by atoms with Crippen LogP contribution in [0.2, 0.25) is 0 Å². The summed E-state index contributed by atoms with van der Waals surface area (Å²) in [6, 6.07) is 0. The van der Waals surface area contributed by atoms with Crippen molar-refractivity contribution in [1.29, 1.82) is 0 Å². The number of likely N-dealkylation sites (N-methyl/N-ethyl adjacent to an activating group) is 1. The zero-order valence-electron chi connectivity index (χ0n) is 8.68. The predicted octanol–water partition coefficient (Wildman–Crippen LogP) is 1.54. The van der Waals surface area contributed by atoms with E-state index in [1.54, 1.807) is 11.3 Å². The van der Waals surface area contributed by atoms with Gasteiger partial charge in [-0.15, -0.1) is 11.3 Å². The van der Waals surface area contributed by atoms with E-state index in [0.29, 0.717) is 0 Å². The topological polar surface area (TPSA) is 44.8 Å². The molecule has 80 valence electrons. The van der Waals surface area contributed by atoms with Crippen LogP contribution in [-0.4, -0.2) is 33.7 Å². The second-order valence-electron chi connectivity index (χ2n) is 3.52. The molecular weight excluding hydrogens is 208 g/mol. The standard InChI is InChI=1S/C10H14N4S/c1-14(8-9-6-12-13-7-9)4-2-10-11-3-5-15-10/h3,5-7H,2,4,8H2,1H3,(H,12,13). The summed E-state index contributed by atoms with van der Waals surface area (Å²) in [4.78, 5) is 6.53. The first kappa shape index (κ1) is 10.3. The van der Waals surface area contributed by atoms with E-state index in [4.69, 9.17) is 0 Å². The van der Waals surface area contributed by atoms with E-state index in [0.717, 1.165) is 19.5 Å². The summed E-state index contributed by atoms with van der Waals surface area (Å²) in [6.07, 6.45) is 6.67. The average molecular weight is 222 g/mol. The number of aromatic amines is 1. The van der Waals surface area contributed by atoms with Crippen LogP contribution in [0.5, 0.6) is 0 Å². The van der Waals surface area contributed by atoms with Crippen LogP contribution in [0.3, 0.4) is 0 Å². The quantitative estimate of drug-likeness (QED) is 0.834. The van der Waals surface area contributed by atoms with Crippen LogP contribution in [0.15, 0.2) is 24.0 Å². The average Bonchev–Trinajstić information content (AvgIpc) is 2.86. The molecule has 5 heteroatoms. The summed E-state index contributed by atoms with van der Waals surface area (Å²) >= 11 is 1.72. The van der Waals surface area contributed by atoms with Gasteiger partial charge in [0.05, 0.1) is 11.2 Å². The molecule has 0 saturated carbocycles. The molecule has 2 aromatic rings. The minimum atomic E-state index is 0.932. The van der Waals surface area contributed by atoms with E-state index in [9.17, 15) is 0 Å². The molecule has 0 fully saturated rings. The molecule has 0 atom stereocenters. The van der Waals surface area contributed by atoms with Crippen molar-refractivity contribution in [1.82, 2.24) is 20.1 Å². The van der Waals surface area contributed by atoms with Crippen LogP contribution in [0.25, 0.3) is 0 Å². The maximum atomic E-state index is 4.26. The van der Waals surface area contributed by atoms with Crippen LogP contribution < -0.4 is 0 Å². The van der Waals surface area contributed by atoms with Crippen molar-refractivity contribution >= 4 is 11.3 Å². The second-order valence-corrected chi connectivity index (χ2v) is 4.50. The number of thiazole rings is 1. The Hall–Kier alpha value is -1.20. The maximum absolute atomic E-state index is 4.26. The highest BCUT2D eigenvalue weighted by atomic mass is 32.1. The van der Waals surface area contributed by atoms with E-state index in [1.807, 2.05) is 24.0 Å². The van der Waals surface area contributed by atoms with Gasteiger partial charge in [-0.05, 0) is 7.05 Å². The first-order valence-corrected chi connectivity index (χ1v) is 5.77. The Morgan fingerprint density at radius 1 is 1.53 bits per heavy atom. The first-order chi connectivity index (χ1) is 7.34. The Labute approximate surface area is 93.0 Å². The highest BCUT2D eigenvalue weighted by Crippen LogP contribution is 2.06. The normalized spacial score (nSPS) is 11.1. The van der Waals surface area contributed by atoms with Crippen molar-refractivity contribution in [2.24, 2.45) is 0 Å². The Morgan fingerprint density at radius 3 is 3.13 bits per heavy atom. The zero-order valence-corrected chi connectivity index (χ0v) is 9.50. The van der Waals surface area contributed by atoms with Gasteiger partial charge < -0.3 is 4.90 Å². The number of nitrogens with zero attached hydrogens (tertiary/aromatic N) is 3. The summed E-state index contributed by atoms with van der Waals surface area (Å²) in [5.74, 6) is 0. The first-order valence-electron chi connectivity index (χ1n) is 4.89. The SMILES string of the molecule is CN(CCc1nccs1)Cc1cn[nH]c1. The molecule has 0 aliphatic rings. The number of aromatic nitrogens is 3. The van der Waals surface area contributed by atoms with Crippen LogP contribution in [-0.2, 0) is 13.0 Å². The van der Waals surface area contributed by atoms with Gasteiger partial charge in [-0.1, -0.05) is 0 Å². The minimum absolute atomic E-state index is 0.932. The van der Waals surface area contributed by atoms with Gasteiger partial charge in [0, 0.05) is 42.8 Å². The second kappa shape index (κ2) is 5.04. The molecule has 1 N–H and O–H groups in total. The Morgan fingerprint density at radius 2 is 2.47 bits per heavy atom. The van der Waals surface area contributed by atoms with Crippen LogP contribution in [0, 0.1) is 0 Å². The summed E-state index contributed by atoms with van der Waals surface area (Å²) in [5.41, 5.74) is 1.22. The van der Waals surface area contributed by atoms with Crippen molar-refractivity contribution in [2.45, 2.75) is 13.0 Å². The third kappa shape index (κ3) is 3.14.